The van der Waals surface area contributed by atoms with E-state index in [0.29, 0.717) is 0 Å². The molecule has 0 aliphatic carbocycles. The summed E-state index contributed by atoms with van der Waals surface area (Å²) in [6, 6.07) is 0. The highest BCUT2D eigenvalue weighted by Gasteiger charge is 2.37. The minimum atomic E-state index is 0.257. The van der Waals surface area contributed by atoms with Crippen molar-refractivity contribution in [3.05, 3.63) is 5.69 Å². The van der Waals surface area contributed by atoms with Crippen LogP contribution in [0.25, 0.3) is 0 Å². The number of hydrogen-bond donors (Lipinski definition) is 2. The molecule has 0 spiro atoms. The monoisotopic (exact) mass is 221 g/mol. The Hall–Kier alpha value is -1.27. The molecule has 3 saturated heterocycles. The lowest BCUT2D eigenvalue weighted by Gasteiger charge is -2.16. The molecule has 3 aliphatic heterocycles. The maximum Gasteiger partial charge on any atom is 0.175 e. The van der Waals surface area contributed by atoms with E-state index in [0.717, 1.165) is 45.3 Å². The van der Waals surface area contributed by atoms with Gasteiger partial charge >= 0.3 is 0 Å². The van der Waals surface area contributed by atoms with Crippen molar-refractivity contribution >= 4 is 11.5 Å². The lowest BCUT2D eigenvalue weighted by molar-refractivity contribution is 0.411. The van der Waals surface area contributed by atoms with E-state index in [1.54, 1.807) is 0 Å². The number of rotatable bonds is 3. The quantitative estimate of drug-likeness (QED) is 0.684. The second-order valence-corrected chi connectivity index (χ2v) is 4.54. The molecule has 0 bridgehead atoms. The van der Waals surface area contributed by atoms with Crippen LogP contribution in [0.3, 0.4) is 0 Å². The summed E-state index contributed by atoms with van der Waals surface area (Å²) in [5.74, 6) is 1.09. The van der Waals surface area contributed by atoms with Gasteiger partial charge in [0.25, 0.3) is 0 Å². The third-order valence-electron chi connectivity index (χ3n) is 3.33. The molecule has 16 heavy (non-hydrogen) atoms. The van der Waals surface area contributed by atoms with Gasteiger partial charge in [-0.3, -0.25) is 10.4 Å². The van der Waals surface area contributed by atoms with E-state index in [1.165, 1.54) is 11.4 Å². The van der Waals surface area contributed by atoms with Crippen LogP contribution in [-0.4, -0.2) is 49.7 Å². The minimum absolute atomic E-state index is 0.257. The lowest BCUT2D eigenvalue weighted by atomic mass is 10.2. The summed E-state index contributed by atoms with van der Waals surface area (Å²) >= 11 is 0. The summed E-state index contributed by atoms with van der Waals surface area (Å²) < 4.78 is 5.36. The average molecular weight is 221 g/mol. The van der Waals surface area contributed by atoms with Gasteiger partial charge in [0.1, 0.15) is 11.8 Å². The number of ether oxygens (including phenoxy) is 1. The van der Waals surface area contributed by atoms with Crippen molar-refractivity contribution in [3.63, 3.8) is 0 Å². The predicted molar refractivity (Wildman–Crippen MR) is 59.7 cm³/mol. The average Bonchev–Trinajstić information content (AvgIpc) is 3.22. The third-order valence-corrected chi connectivity index (χ3v) is 3.33. The standard InChI is InChI=1S/C10H15N5O/c1-2-15(6-11-1)10-9(14-3-4-14)8(12-13-10)7-5-16-7/h7,11H,1-6H2,(H,12,13). The van der Waals surface area contributed by atoms with Gasteiger partial charge < -0.3 is 14.5 Å². The number of H-pyrrole nitrogens is 1. The zero-order chi connectivity index (χ0) is 10.5. The maximum absolute atomic E-state index is 5.36. The SMILES string of the molecule is C1CN(c2n[nH]c(C3CO3)c2N2CC2)CN1. The Morgan fingerprint density at radius 2 is 2.12 bits per heavy atom. The number of nitrogens with zero attached hydrogens (tertiary/aromatic N) is 3. The molecule has 0 amide bonds. The van der Waals surface area contributed by atoms with Crippen LogP contribution in [0.1, 0.15) is 11.8 Å². The predicted octanol–water partition coefficient (Wildman–Crippen LogP) is -0.332. The summed E-state index contributed by atoms with van der Waals surface area (Å²) in [6.07, 6.45) is 0.257. The molecule has 4 heterocycles. The van der Waals surface area contributed by atoms with Crippen LogP contribution < -0.4 is 15.1 Å². The van der Waals surface area contributed by atoms with E-state index in [9.17, 15) is 0 Å². The molecule has 1 atom stereocenters. The Labute approximate surface area is 93.5 Å². The van der Waals surface area contributed by atoms with Gasteiger partial charge in [-0.05, 0) is 0 Å². The zero-order valence-corrected chi connectivity index (χ0v) is 9.07. The lowest BCUT2D eigenvalue weighted by Crippen LogP contribution is -2.22. The summed E-state index contributed by atoms with van der Waals surface area (Å²) in [6.45, 7) is 6.11. The Morgan fingerprint density at radius 3 is 2.75 bits per heavy atom. The number of aromatic nitrogens is 2. The fourth-order valence-electron chi connectivity index (χ4n) is 2.27. The molecule has 3 fully saturated rings. The Bertz CT molecular complexity index is 403. The van der Waals surface area contributed by atoms with Crippen LogP contribution in [0.4, 0.5) is 11.5 Å². The summed E-state index contributed by atoms with van der Waals surface area (Å²) in [5.41, 5.74) is 2.44. The van der Waals surface area contributed by atoms with Crippen molar-refractivity contribution in [2.75, 3.05) is 49.3 Å². The van der Waals surface area contributed by atoms with E-state index in [2.05, 4.69) is 25.3 Å². The fraction of sp³-hybridized carbons (Fsp3) is 0.700. The molecule has 1 unspecified atom stereocenters. The smallest absolute Gasteiger partial charge is 0.175 e. The molecule has 3 aliphatic rings. The minimum Gasteiger partial charge on any atom is -0.366 e. The van der Waals surface area contributed by atoms with E-state index >= 15 is 0 Å². The molecule has 86 valence electrons. The normalized spacial score (nSPS) is 27.6. The van der Waals surface area contributed by atoms with Crippen molar-refractivity contribution in [2.24, 2.45) is 0 Å². The molecule has 0 saturated carbocycles. The number of anilines is 2. The first-order valence-electron chi connectivity index (χ1n) is 5.84. The molecule has 1 aromatic rings. The highest BCUT2D eigenvalue weighted by atomic mass is 16.6. The molecule has 1 aromatic heterocycles. The van der Waals surface area contributed by atoms with Gasteiger partial charge in [-0.1, -0.05) is 0 Å². The maximum atomic E-state index is 5.36. The molecule has 4 rings (SSSR count). The molecule has 6 heteroatoms. The second kappa shape index (κ2) is 3.11. The second-order valence-electron chi connectivity index (χ2n) is 4.54. The van der Waals surface area contributed by atoms with Crippen LogP contribution in [0, 0.1) is 0 Å². The van der Waals surface area contributed by atoms with Crippen LogP contribution >= 0.6 is 0 Å². The van der Waals surface area contributed by atoms with Gasteiger partial charge in [0.2, 0.25) is 0 Å². The van der Waals surface area contributed by atoms with Crippen LogP contribution in [0.15, 0.2) is 0 Å². The van der Waals surface area contributed by atoms with Crippen LogP contribution in [0.5, 0.6) is 0 Å². The number of hydrogen-bond acceptors (Lipinski definition) is 5. The summed E-state index contributed by atoms with van der Waals surface area (Å²) in [7, 11) is 0. The van der Waals surface area contributed by atoms with Gasteiger partial charge in [0.05, 0.1) is 19.0 Å². The van der Waals surface area contributed by atoms with Gasteiger partial charge in [0.15, 0.2) is 5.82 Å². The van der Waals surface area contributed by atoms with Gasteiger partial charge in [-0.2, -0.15) is 5.10 Å². The van der Waals surface area contributed by atoms with E-state index in [4.69, 9.17) is 4.74 Å². The largest absolute Gasteiger partial charge is 0.366 e. The summed E-state index contributed by atoms with van der Waals surface area (Å²) in [4.78, 5) is 4.64. The van der Waals surface area contributed by atoms with Crippen LogP contribution in [0.2, 0.25) is 0 Å². The molecular formula is C10H15N5O. The van der Waals surface area contributed by atoms with E-state index in [1.807, 2.05) is 0 Å². The topological polar surface area (TPSA) is 59.5 Å². The Morgan fingerprint density at radius 1 is 1.25 bits per heavy atom. The number of epoxide rings is 1. The van der Waals surface area contributed by atoms with E-state index < -0.39 is 0 Å². The van der Waals surface area contributed by atoms with E-state index in [-0.39, 0.29) is 6.10 Å². The number of aromatic amines is 1. The first-order chi connectivity index (χ1) is 7.93. The molecule has 2 N–H and O–H groups in total. The molecule has 0 aromatic carbocycles. The fourth-order valence-corrected chi connectivity index (χ4v) is 2.27. The highest BCUT2D eigenvalue weighted by molar-refractivity contribution is 5.73. The number of nitrogens with one attached hydrogen (secondary N) is 2. The highest BCUT2D eigenvalue weighted by Crippen LogP contribution is 2.42. The Kier molecular flexibility index (Phi) is 1.72. The van der Waals surface area contributed by atoms with Gasteiger partial charge in [-0.25, -0.2) is 0 Å². The van der Waals surface area contributed by atoms with Crippen molar-refractivity contribution in [1.29, 1.82) is 0 Å². The van der Waals surface area contributed by atoms with Gasteiger partial charge in [-0.15, -0.1) is 0 Å². The molecular weight excluding hydrogens is 206 g/mol. The zero-order valence-electron chi connectivity index (χ0n) is 9.07. The van der Waals surface area contributed by atoms with Crippen molar-refractivity contribution in [3.8, 4) is 0 Å². The third kappa shape index (κ3) is 1.30. The van der Waals surface area contributed by atoms with Crippen molar-refractivity contribution < 1.29 is 4.74 Å². The van der Waals surface area contributed by atoms with Crippen LogP contribution in [-0.2, 0) is 4.74 Å². The first-order valence-corrected chi connectivity index (χ1v) is 5.84. The van der Waals surface area contributed by atoms with Crippen molar-refractivity contribution in [1.82, 2.24) is 15.5 Å². The van der Waals surface area contributed by atoms with Crippen molar-refractivity contribution in [2.45, 2.75) is 6.10 Å². The molecule has 6 nitrogen and oxygen atoms in total. The molecule has 0 radical (unpaired) electrons. The first kappa shape index (κ1) is 8.83. The Balaban J connectivity index is 1.73. The van der Waals surface area contributed by atoms with Gasteiger partial charge in [0, 0.05) is 26.2 Å². The summed E-state index contributed by atoms with van der Waals surface area (Å²) in [5, 5.41) is 10.9.